The van der Waals surface area contributed by atoms with Gasteiger partial charge in [0.2, 0.25) is 0 Å². The van der Waals surface area contributed by atoms with Crippen LogP contribution in [0.1, 0.15) is 5.56 Å². The Bertz CT molecular complexity index is 717. The molecule has 0 atom stereocenters. The van der Waals surface area contributed by atoms with Crippen molar-refractivity contribution in [3.05, 3.63) is 37.4 Å². The van der Waals surface area contributed by atoms with Crippen LogP contribution in [-0.4, -0.2) is 9.97 Å². The lowest BCUT2D eigenvalue weighted by molar-refractivity contribution is 1.07. The average molecular weight is 387 g/mol. The van der Waals surface area contributed by atoms with E-state index in [-0.39, 0.29) is 0 Å². The molecule has 0 amide bonds. The van der Waals surface area contributed by atoms with Gasteiger partial charge in [-0.25, -0.2) is 4.98 Å². The molecule has 2 heterocycles. The zero-order valence-corrected chi connectivity index (χ0v) is 13.2. The van der Waals surface area contributed by atoms with Crippen LogP contribution < -0.4 is 5.73 Å². The highest BCUT2D eigenvalue weighted by atomic mass is 79.9. The number of aromatic nitrogens is 2. The summed E-state index contributed by atoms with van der Waals surface area (Å²) >= 11 is 8.66. The molecule has 0 saturated heterocycles. The second kappa shape index (κ2) is 4.77. The maximum absolute atomic E-state index is 5.64. The van der Waals surface area contributed by atoms with Gasteiger partial charge in [0, 0.05) is 12.1 Å². The van der Waals surface area contributed by atoms with Crippen molar-refractivity contribution in [1.29, 1.82) is 0 Å². The fraction of sp³-hybridized carbons (Fsp3) is 0.0833. The largest absolute Gasteiger partial charge is 0.338 e. The van der Waals surface area contributed by atoms with Crippen molar-refractivity contribution in [2.24, 2.45) is 5.73 Å². The zero-order chi connectivity index (χ0) is 12.7. The predicted octanol–water partition coefficient (Wildman–Crippen LogP) is 4.28. The number of aromatic amines is 1. The Balaban J connectivity index is 2.16. The molecular formula is C12H9Br2N3S. The second-order valence-corrected chi connectivity index (χ2v) is 7.63. The van der Waals surface area contributed by atoms with Crippen molar-refractivity contribution in [2.45, 2.75) is 6.54 Å². The van der Waals surface area contributed by atoms with Gasteiger partial charge >= 0.3 is 0 Å². The number of nitrogens with one attached hydrogen (secondary N) is 1. The molecule has 3 rings (SSSR count). The number of nitrogens with two attached hydrogens (primary N) is 1. The topological polar surface area (TPSA) is 54.7 Å². The van der Waals surface area contributed by atoms with E-state index in [4.69, 9.17) is 5.73 Å². The first kappa shape index (κ1) is 12.3. The van der Waals surface area contributed by atoms with Gasteiger partial charge in [0.15, 0.2) is 0 Å². The van der Waals surface area contributed by atoms with E-state index in [9.17, 15) is 0 Å². The van der Waals surface area contributed by atoms with Crippen molar-refractivity contribution < 1.29 is 0 Å². The number of H-pyrrole nitrogens is 1. The Kier molecular flexibility index (Phi) is 3.27. The summed E-state index contributed by atoms with van der Waals surface area (Å²) in [6.07, 6.45) is 0. The lowest BCUT2D eigenvalue weighted by atomic mass is 10.2. The minimum Gasteiger partial charge on any atom is -0.338 e. The van der Waals surface area contributed by atoms with Gasteiger partial charge in [0.25, 0.3) is 0 Å². The van der Waals surface area contributed by atoms with Crippen molar-refractivity contribution >= 4 is 54.2 Å². The van der Waals surface area contributed by atoms with E-state index in [1.54, 1.807) is 11.3 Å². The SMILES string of the molecule is NCc1ccc2nc(-c3cc(Br)sc3Br)[nH]c2c1. The number of rotatable bonds is 2. The van der Waals surface area contributed by atoms with Gasteiger partial charge in [-0.1, -0.05) is 6.07 Å². The maximum Gasteiger partial charge on any atom is 0.140 e. The molecule has 3 nitrogen and oxygen atoms in total. The van der Waals surface area contributed by atoms with Crippen LogP contribution in [0.15, 0.2) is 31.8 Å². The summed E-state index contributed by atoms with van der Waals surface area (Å²) in [5.41, 5.74) is 9.78. The molecule has 3 aromatic rings. The van der Waals surface area contributed by atoms with Crippen molar-refractivity contribution in [2.75, 3.05) is 0 Å². The number of benzene rings is 1. The standard InChI is InChI=1S/C12H9Br2N3S/c13-10-4-7(11(14)18-10)12-16-8-2-1-6(5-15)3-9(8)17-12/h1-4H,5,15H2,(H,16,17). The van der Waals surface area contributed by atoms with Crippen molar-refractivity contribution in [3.63, 3.8) is 0 Å². The van der Waals surface area contributed by atoms with Gasteiger partial charge in [0.1, 0.15) is 5.82 Å². The highest BCUT2D eigenvalue weighted by molar-refractivity contribution is 9.12. The molecule has 2 aromatic heterocycles. The molecule has 0 unspecified atom stereocenters. The van der Waals surface area contributed by atoms with Crippen LogP contribution in [0, 0.1) is 0 Å². The van der Waals surface area contributed by atoms with Crippen LogP contribution in [0.25, 0.3) is 22.4 Å². The molecule has 0 aliphatic heterocycles. The number of fused-ring (bicyclic) bond motifs is 1. The third kappa shape index (κ3) is 2.14. The second-order valence-electron chi connectivity index (χ2n) is 3.88. The van der Waals surface area contributed by atoms with Gasteiger partial charge in [0.05, 0.1) is 18.6 Å². The molecule has 3 N–H and O–H groups in total. The quantitative estimate of drug-likeness (QED) is 0.690. The van der Waals surface area contributed by atoms with Gasteiger partial charge < -0.3 is 10.7 Å². The lowest BCUT2D eigenvalue weighted by Crippen LogP contribution is -1.95. The molecule has 0 aliphatic carbocycles. The molecule has 0 bridgehead atoms. The van der Waals surface area contributed by atoms with Gasteiger partial charge in [-0.15, -0.1) is 11.3 Å². The van der Waals surface area contributed by atoms with Gasteiger partial charge in [-0.2, -0.15) is 0 Å². The van der Waals surface area contributed by atoms with Crippen LogP contribution in [0.4, 0.5) is 0 Å². The minimum absolute atomic E-state index is 0.540. The number of nitrogens with zero attached hydrogens (tertiary/aromatic N) is 1. The Labute approximate surface area is 125 Å². The maximum atomic E-state index is 5.64. The first-order chi connectivity index (χ1) is 8.67. The van der Waals surface area contributed by atoms with E-state index >= 15 is 0 Å². The molecule has 0 fully saturated rings. The zero-order valence-electron chi connectivity index (χ0n) is 9.21. The number of hydrogen-bond donors (Lipinski definition) is 2. The molecule has 18 heavy (non-hydrogen) atoms. The van der Waals surface area contributed by atoms with Crippen LogP contribution in [-0.2, 0) is 6.54 Å². The number of hydrogen-bond acceptors (Lipinski definition) is 3. The smallest absolute Gasteiger partial charge is 0.140 e. The Morgan fingerprint density at radius 2 is 2.11 bits per heavy atom. The molecular weight excluding hydrogens is 378 g/mol. The highest BCUT2D eigenvalue weighted by Gasteiger charge is 2.12. The summed E-state index contributed by atoms with van der Waals surface area (Å²) in [4.78, 5) is 7.92. The molecule has 0 aliphatic rings. The van der Waals surface area contributed by atoms with Crippen LogP contribution in [0.3, 0.4) is 0 Å². The van der Waals surface area contributed by atoms with Crippen molar-refractivity contribution in [1.82, 2.24) is 9.97 Å². The first-order valence-electron chi connectivity index (χ1n) is 5.31. The predicted molar refractivity (Wildman–Crippen MR) is 82.7 cm³/mol. The van der Waals surface area contributed by atoms with Crippen LogP contribution in [0.2, 0.25) is 0 Å². The Morgan fingerprint density at radius 3 is 2.78 bits per heavy atom. The first-order valence-corrected chi connectivity index (χ1v) is 7.71. The fourth-order valence-electron chi connectivity index (χ4n) is 1.81. The molecule has 6 heteroatoms. The summed E-state index contributed by atoms with van der Waals surface area (Å²) in [6.45, 7) is 0.540. The van der Waals surface area contributed by atoms with E-state index in [1.807, 2.05) is 18.2 Å². The van der Waals surface area contributed by atoms with Crippen molar-refractivity contribution in [3.8, 4) is 11.4 Å². The number of thiophene rings is 1. The summed E-state index contributed by atoms with van der Waals surface area (Å²) in [6, 6.07) is 8.09. The van der Waals surface area contributed by atoms with E-state index in [0.717, 1.165) is 35.6 Å². The Morgan fingerprint density at radius 1 is 1.28 bits per heavy atom. The van der Waals surface area contributed by atoms with E-state index in [1.165, 1.54) is 0 Å². The van der Waals surface area contributed by atoms with Gasteiger partial charge in [-0.3, -0.25) is 0 Å². The normalized spacial score (nSPS) is 11.3. The molecule has 0 radical (unpaired) electrons. The lowest BCUT2D eigenvalue weighted by Gasteiger charge is -1.94. The summed E-state index contributed by atoms with van der Waals surface area (Å²) in [5.74, 6) is 0.869. The summed E-state index contributed by atoms with van der Waals surface area (Å²) in [5, 5.41) is 0. The molecule has 0 saturated carbocycles. The van der Waals surface area contributed by atoms with E-state index in [0.29, 0.717) is 6.54 Å². The monoisotopic (exact) mass is 385 g/mol. The van der Waals surface area contributed by atoms with Gasteiger partial charge in [-0.05, 0) is 55.6 Å². The number of halogens is 2. The van der Waals surface area contributed by atoms with Crippen LogP contribution >= 0.6 is 43.2 Å². The molecule has 0 spiro atoms. The fourth-order valence-corrected chi connectivity index (χ4v) is 4.62. The van der Waals surface area contributed by atoms with E-state index in [2.05, 4.69) is 47.9 Å². The molecule has 1 aromatic carbocycles. The number of imidazole rings is 1. The summed E-state index contributed by atoms with van der Waals surface area (Å²) < 4.78 is 2.14. The summed E-state index contributed by atoms with van der Waals surface area (Å²) in [7, 11) is 0. The minimum atomic E-state index is 0.540. The molecule has 92 valence electrons. The average Bonchev–Trinajstić information content (AvgIpc) is 2.90. The Hall–Kier alpha value is -0.690. The third-order valence-electron chi connectivity index (χ3n) is 2.69. The van der Waals surface area contributed by atoms with Crippen LogP contribution in [0.5, 0.6) is 0 Å². The van der Waals surface area contributed by atoms with E-state index < -0.39 is 0 Å². The highest BCUT2D eigenvalue weighted by Crippen LogP contribution is 2.37. The third-order valence-corrected chi connectivity index (χ3v) is 5.03.